The Balaban J connectivity index is 1.12. The number of rotatable bonds is 5. The minimum absolute atomic E-state index is 0.0618. The second-order valence-electron chi connectivity index (χ2n) is 28.2. The molecule has 1 radical (unpaired) electrons. The molecule has 0 saturated carbocycles. The summed E-state index contributed by atoms with van der Waals surface area (Å²) in [6.45, 7) is 39.2. The molecule has 0 amide bonds. The van der Waals surface area contributed by atoms with Crippen molar-refractivity contribution in [2.45, 2.75) is 187 Å². The Morgan fingerprint density at radius 2 is 0.959 bits per heavy atom. The fraction of sp³-hybridized carbons (Fsp3) is 0.408. The van der Waals surface area contributed by atoms with E-state index in [0.29, 0.717) is 0 Å². The van der Waals surface area contributed by atoms with Gasteiger partial charge in [-0.3, -0.25) is 0 Å². The van der Waals surface area contributed by atoms with Crippen LogP contribution in [0.25, 0.3) is 33.4 Å². The van der Waals surface area contributed by atoms with Gasteiger partial charge in [0.05, 0.1) is 5.69 Å². The van der Waals surface area contributed by atoms with Gasteiger partial charge < -0.3 is 10.2 Å². The summed E-state index contributed by atoms with van der Waals surface area (Å²) in [5, 5.41) is 4.33. The lowest BCUT2D eigenvalue weighted by atomic mass is 9.57. The van der Waals surface area contributed by atoms with Crippen LogP contribution in [0.1, 0.15) is 191 Å². The van der Waals surface area contributed by atoms with Crippen molar-refractivity contribution >= 4 is 46.6 Å². The minimum Gasteiger partial charge on any atom is -0.355 e. The van der Waals surface area contributed by atoms with E-state index in [1.807, 2.05) is 0 Å². The predicted molar refractivity (Wildman–Crippen MR) is 320 cm³/mol. The molecule has 0 saturated heterocycles. The summed E-state index contributed by atoms with van der Waals surface area (Å²) < 4.78 is 0. The molecular weight excluding hydrogens is 892 g/mol. The van der Waals surface area contributed by atoms with Gasteiger partial charge >= 0.3 is 0 Å². The second kappa shape index (κ2) is 16.1. The van der Waals surface area contributed by atoms with E-state index in [-0.39, 0.29) is 37.9 Å². The van der Waals surface area contributed by atoms with Crippen molar-refractivity contribution in [3.8, 4) is 33.4 Å². The highest BCUT2D eigenvalue weighted by atomic mass is 15.2. The third-order valence-corrected chi connectivity index (χ3v) is 19.8. The van der Waals surface area contributed by atoms with Gasteiger partial charge in [-0.1, -0.05) is 181 Å². The van der Waals surface area contributed by atoms with Gasteiger partial charge in [0.15, 0.2) is 7.28 Å². The molecule has 4 aliphatic carbocycles. The smallest absolute Gasteiger partial charge is 0.197 e. The van der Waals surface area contributed by atoms with Gasteiger partial charge in [-0.15, -0.1) is 0 Å². The molecule has 3 heteroatoms. The molecule has 7 aromatic carbocycles. The van der Waals surface area contributed by atoms with Crippen LogP contribution in [0.4, 0.5) is 28.4 Å². The summed E-state index contributed by atoms with van der Waals surface area (Å²) >= 11 is 0. The summed E-state index contributed by atoms with van der Waals surface area (Å²) in [7, 11) is 2.50. The van der Waals surface area contributed by atoms with Crippen LogP contribution in [0, 0.1) is 13.8 Å². The Morgan fingerprint density at radius 1 is 0.405 bits per heavy atom. The highest BCUT2D eigenvalue weighted by molar-refractivity contribution is 6.73. The van der Waals surface area contributed by atoms with Gasteiger partial charge in [0, 0.05) is 33.7 Å². The van der Waals surface area contributed by atoms with Crippen molar-refractivity contribution in [2.24, 2.45) is 0 Å². The van der Waals surface area contributed by atoms with Crippen LogP contribution in [0.15, 0.2) is 115 Å². The third kappa shape index (κ3) is 7.46. The number of hydrogen-bond acceptors (Lipinski definition) is 2. The summed E-state index contributed by atoms with van der Waals surface area (Å²) in [5.74, 6) is 0. The molecule has 1 aliphatic heterocycles. The van der Waals surface area contributed by atoms with Crippen molar-refractivity contribution in [1.29, 1.82) is 0 Å². The number of fused-ring (bicyclic) bond motifs is 8. The van der Waals surface area contributed by atoms with Crippen molar-refractivity contribution < 1.29 is 0 Å². The second-order valence-corrected chi connectivity index (χ2v) is 28.2. The van der Waals surface area contributed by atoms with E-state index in [9.17, 15) is 0 Å². The summed E-state index contributed by atoms with van der Waals surface area (Å²) in [6.07, 6.45) is 7.13. The van der Waals surface area contributed by atoms with Gasteiger partial charge in [0.25, 0.3) is 0 Å². The molecule has 12 rings (SSSR count). The monoisotopic (exact) mass is 972 g/mol. The normalized spacial score (nSPS) is 20.1. The zero-order valence-corrected chi connectivity index (χ0v) is 47.7. The van der Waals surface area contributed by atoms with Crippen molar-refractivity contribution in [1.82, 2.24) is 0 Å². The molecule has 0 bridgehead atoms. The first-order valence-corrected chi connectivity index (χ1v) is 28.1. The first kappa shape index (κ1) is 49.1. The Labute approximate surface area is 446 Å². The topological polar surface area (TPSA) is 15.3 Å². The maximum Gasteiger partial charge on any atom is 0.197 e. The van der Waals surface area contributed by atoms with Crippen LogP contribution in [-0.4, -0.2) is 7.28 Å². The number of aryl methyl sites for hydroxylation is 2. The molecule has 2 nitrogen and oxygen atoms in total. The summed E-state index contributed by atoms with van der Waals surface area (Å²) in [6, 6.07) is 45.7. The van der Waals surface area contributed by atoms with E-state index in [4.69, 9.17) is 0 Å². The zero-order valence-electron chi connectivity index (χ0n) is 47.7. The Hall–Kier alpha value is -5.80. The largest absolute Gasteiger partial charge is 0.355 e. The fourth-order valence-corrected chi connectivity index (χ4v) is 14.6. The molecular formula is C71H80BN2. The molecule has 0 aromatic heterocycles. The first-order valence-electron chi connectivity index (χ1n) is 28.1. The zero-order chi connectivity index (χ0) is 52.4. The maximum atomic E-state index is 4.33. The van der Waals surface area contributed by atoms with Crippen LogP contribution in [0.3, 0.4) is 0 Å². The van der Waals surface area contributed by atoms with E-state index in [1.165, 1.54) is 167 Å². The number of anilines is 5. The summed E-state index contributed by atoms with van der Waals surface area (Å²) in [5.41, 5.74) is 31.1. The van der Waals surface area contributed by atoms with Crippen molar-refractivity contribution in [3.63, 3.8) is 0 Å². The average Bonchev–Trinajstić information content (AvgIpc) is 3.59. The standard InChI is InChI=1S/C71H80BN2/c1-42-34-50(63-61(35-42)74(60-37-45(22-27-58(60)72-63)44-20-18-17-19-21-44)59-41-57-53(36-43(59)2)66(5,6)30-33-70(57,13)14)48-25-24-47-49-39-55-56(69(11,12)32-31-68(55,9)10)40-52(49)71(15,16)62(47)64(48)73-46-23-26-51-54(38-46)67(7,8)29-28-65(51,3)4/h17-27,34-41,73H,28-33H2,1-16H3. The summed E-state index contributed by atoms with van der Waals surface area (Å²) in [4.78, 5) is 2.64. The van der Waals surface area contributed by atoms with Gasteiger partial charge in [-0.2, -0.15) is 0 Å². The average molecular weight is 972 g/mol. The molecule has 5 aliphatic rings. The van der Waals surface area contributed by atoms with Crippen molar-refractivity contribution in [3.05, 3.63) is 171 Å². The Kier molecular flexibility index (Phi) is 10.7. The molecule has 0 fully saturated rings. The lowest BCUT2D eigenvalue weighted by molar-refractivity contribution is 0.331. The fourth-order valence-electron chi connectivity index (χ4n) is 14.6. The molecule has 1 N–H and O–H groups in total. The number of benzene rings is 7. The van der Waals surface area contributed by atoms with E-state index in [2.05, 4.69) is 244 Å². The van der Waals surface area contributed by atoms with Crippen LogP contribution < -0.4 is 21.1 Å². The van der Waals surface area contributed by atoms with Crippen LogP contribution in [0.5, 0.6) is 0 Å². The van der Waals surface area contributed by atoms with E-state index in [1.54, 1.807) is 0 Å². The Bertz CT molecular complexity index is 3500. The Morgan fingerprint density at radius 3 is 1.59 bits per heavy atom. The predicted octanol–water partition coefficient (Wildman–Crippen LogP) is 18.2. The van der Waals surface area contributed by atoms with Gasteiger partial charge in [-0.05, 0) is 210 Å². The van der Waals surface area contributed by atoms with E-state index >= 15 is 0 Å². The van der Waals surface area contributed by atoms with Crippen molar-refractivity contribution in [2.75, 3.05) is 10.2 Å². The SMILES string of the molecule is Cc1cc(-c2ccc3c(c2Nc2ccc4c(c2)C(C)(C)CCC4(C)C)C(C)(C)c2cc4c(cc2-3)C(C)(C)CCC4(C)C)c2c(c1)N(c1cc3c(cc1C)C(C)(C)CCC3(C)C)c1cc(-c3ccccc3)ccc1[B]2. The van der Waals surface area contributed by atoms with Crippen LogP contribution in [0.2, 0.25) is 0 Å². The molecule has 377 valence electrons. The van der Waals surface area contributed by atoms with Gasteiger partial charge in [-0.25, -0.2) is 0 Å². The lowest BCUT2D eigenvalue weighted by Gasteiger charge is -2.44. The molecule has 7 aromatic rings. The molecule has 74 heavy (non-hydrogen) atoms. The molecule has 1 heterocycles. The van der Waals surface area contributed by atoms with E-state index < -0.39 is 0 Å². The number of hydrogen-bond donors (Lipinski definition) is 1. The lowest BCUT2D eigenvalue weighted by Crippen LogP contribution is -2.41. The van der Waals surface area contributed by atoms with Gasteiger partial charge in [0.2, 0.25) is 0 Å². The number of nitrogens with one attached hydrogen (secondary N) is 1. The first-order chi connectivity index (χ1) is 34.7. The van der Waals surface area contributed by atoms with Crippen LogP contribution in [-0.2, 0) is 37.9 Å². The molecule has 0 spiro atoms. The van der Waals surface area contributed by atoms with E-state index in [0.717, 1.165) is 0 Å². The third-order valence-electron chi connectivity index (χ3n) is 19.8. The highest BCUT2D eigenvalue weighted by Gasteiger charge is 2.45. The molecule has 0 atom stereocenters. The number of nitrogens with zero attached hydrogens (tertiary/aromatic N) is 1. The van der Waals surface area contributed by atoms with Gasteiger partial charge in [0.1, 0.15) is 0 Å². The molecule has 0 unspecified atom stereocenters. The maximum absolute atomic E-state index is 4.33. The highest BCUT2D eigenvalue weighted by Crippen LogP contribution is 2.59. The van der Waals surface area contributed by atoms with Crippen LogP contribution >= 0.6 is 0 Å². The minimum atomic E-state index is -0.272. The quantitative estimate of drug-likeness (QED) is 0.173.